The zero-order valence-electron chi connectivity index (χ0n) is 11.9. The average Bonchev–Trinajstić information content (AvgIpc) is 2.35. The van der Waals surface area contributed by atoms with Gasteiger partial charge >= 0.3 is 0 Å². The van der Waals surface area contributed by atoms with Gasteiger partial charge < -0.3 is 10.2 Å². The van der Waals surface area contributed by atoms with E-state index in [1.807, 2.05) is 18.7 Å². The van der Waals surface area contributed by atoms with Crippen molar-refractivity contribution in [3.05, 3.63) is 0 Å². The van der Waals surface area contributed by atoms with Crippen molar-refractivity contribution in [2.75, 3.05) is 13.1 Å². The van der Waals surface area contributed by atoms with E-state index in [0.717, 1.165) is 38.8 Å². The quantitative estimate of drug-likeness (QED) is 0.815. The highest BCUT2D eigenvalue weighted by atomic mass is 16.2. The van der Waals surface area contributed by atoms with E-state index in [-0.39, 0.29) is 23.8 Å². The Bertz CT molecular complexity index is 282. The lowest BCUT2D eigenvalue weighted by molar-refractivity contribution is -0.135. The van der Waals surface area contributed by atoms with Gasteiger partial charge in [-0.2, -0.15) is 0 Å². The molecule has 0 aromatic rings. The fourth-order valence-corrected chi connectivity index (χ4v) is 2.28. The van der Waals surface area contributed by atoms with Crippen molar-refractivity contribution < 1.29 is 9.59 Å². The summed E-state index contributed by atoms with van der Waals surface area (Å²) < 4.78 is 0. The zero-order chi connectivity index (χ0) is 13.5. The van der Waals surface area contributed by atoms with Crippen LogP contribution in [0, 0.1) is 5.92 Å². The van der Waals surface area contributed by atoms with Crippen LogP contribution >= 0.6 is 0 Å². The van der Waals surface area contributed by atoms with Crippen molar-refractivity contribution in [1.82, 2.24) is 10.2 Å². The summed E-state index contributed by atoms with van der Waals surface area (Å²) in [6.45, 7) is 7.51. The number of nitrogens with one attached hydrogen (secondary N) is 1. The predicted molar refractivity (Wildman–Crippen MR) is 72.1 cm³/mol. The summed E-state index contributed by atoms with van der Waals surface area (Å²) in [5.41, 5.74) is 0. The monoisotopic (exact) mass is 254 g/mol. The normalized spacial score (nSPS) is 17.0. The Balaban J connectivity index is 2.32. The van der Waals surface area contributed by atoms with E-state index in [0.29, 0.717) is 6.42 Å². The smallest absolute Gasteiger partial charge is 0.223 e. The van der Waals surface area contributed by atoms with Gasteiger partial charge in [0.2, 0.25) is 11.8 Å². The maximum absolute atomic E-state index is 11.8. The SMILES string of the molecule is CCCCC(=O)N1CCC(C(=O)NC(C)C)CC1. The minimum Gasteiger partial charge on any atom is -0.354 e. The van der Waals surface area contributed by atoms with E-state index in [1.165, 1.54) is 0 Å². The van der Waals surface area contributed by atoms with Crippen molar-refractivity contribution in [3.63, 3.8) is 0 Å². The second-order valence-corrected chi connectivity index (χ2v) is 5.42. The number of nitrogens with zero attached hydrogens (tertiary/aromatic N) is 1. The van der Waals surface area contributed by atoms with Crippen LogP contribution in [0.3, 0.4) is 0 Å². The van der Waals surface area contributed by atoms with Crippen molar-refractivity contribution in [2.24, 2.45) is 5.92 Å². The number of rotatable bonds is 5. The van der Waals surface area contributed by atoms with Crippen molar-refractivity contribution in [1.29, 1.82) is 0 Å². The van der Waals surface area contributed by atoms with E-state index < -0.39 is 0 Å². The van der Waals surface area contributed by atoms with E-state index >= 15 is 0 Å². The van der Waals surface area contributed by atoms with Gasteiger partial charge in [-0.15, -0.1) is 0 Å². The number of hydrogen-bond donors (Lipinski definition) is 1. The number of carbonyl (C=O) groups excluding carboxylic acids is 2. The number of unbranched alkanes of at least 4 members (excludes halogenated alkanes) is 1. The summed E-state index contributed by atoms with van der Waals surface area (Å²) in [4.78, 5) is 25.6. The van der Waals surface area contributed by atoms with E-state index in [1.54, 1.807) is 0 Å². The Labute approximate surface area is 110 Å². The molecule has 0 bridgehead atoms. The molecule has 1 rings (SSSR count). The molecule has 104 valence electrons. The van der Waals surface area contributed by atoms with Crippen LogP contribution in [0.25, 0.3) is 0 Å². The highest BCUT2D eigenvalue weighted by molar-refractivity contribution is 5.80. The van der Waals surface area contributed by atoms with Crippen molar-refractivity contribution in [3.8, 4) is 0 Å². The van der Waals surface area contributed by atoms with Crippen LogP contribution < -0.4 is 5.32 Å². The highest BCUT2D eigenvalue weighted by Gasteiger charge is 2.27. The van der Waals surface area contributed by atoms with Gasteiger partial charge in [0.1, 0.15) is 0 Å². The summed E-state index contributed by atoms with van der Waals surface area (Å²) in [6, 6.07) is 0.196. The highest BCUT2D eigenvalue weighted by Crippen LogP contribution is 2.18. The number of piperidine rings is 1. The van der Waals surface area contributed by atoms with Crippen LogP contribution in [0.4, 0.5) is 0 Å². The molecule has 0 aromatic carbocycles. The zero-order valence-corrected chi connectivity index (χ0v) is 11.9. The standard InChI is InChI=1S/C14H26N2O2/c1-4-5-6-13(17)16-9-7-12(8-10-16)14(18)15-11(2)3/h11-12H,4-10H2,1-3H3,(H,15,18). The first-order chi connectivity index (χ1) is 8.54. The van der Waals surface area contributed by atoms with Gasteiger partial charge in [-0.3, -0.25) is 9.59 Å². The Morgan fingerprint density at radius 2 is 1.89 bits per heavy atom. The van der Waals surface area contributed by atoms with Gasteiger partial charge in [-0.1, -0.05) is 13.3 Å². The molecular weight excluding hydrogens is 228 g/mol. The van der Waals surface area contributed by atoms with Crippen LogP contribution in [0.1, 0.15) is 52.9 Å². The summed E-state index contributed by atoms with van der Waals surface area (Å²) in [7, 11) is 0. The molecule has 0 spiro atoms. The lowest BCUT2D eigenvalue weighted by Crippen LogP contribution is -2.44. The number of carbonyl (C=O) groups is 2. The third-order valence-corrected chi connectivity index (χ3v) is 3.39. The lowest BCUT2D eigenvalue weighted by atomic mass is 9.95. The lowest BCUT2D eigenvalue weighted by Gasteiger charge is -2.31. The summed E-state index contributed by atoms with van der Waals surface area (Å²) in [5, 5.41) is 2.95. The van der Waals surface area contributed by atoms with E-state index in [4.69, 9.17) is 0 Å². The molecule has 2 amide bonds. The Morgan fingerprint density at radius 1 is 1.28 bits per heavy atom. The maximum Gasteiger partial charge on any atom is 0.223 e. The third kappa shape index (κ3) is 4.67. The van der Waals surface area contributed by atoms with Crippen LogP contribution in [-0.2, 0) is 9.59 Å². The topological polar surface area (TPSA) is 49.4 Å². The second-order valence-electron chi connectivity index (χ2n) is 5.42. The molecule has 0 aliphatic carbocycles. The summed E-state index contributed by atoms with van der Waals surface area (Å²) in [5.74, 6) is 0.479. The molecule has 0 aromatic heterocycles. The molecule has 0 radical (unpaired) electrons. The predicted octanol–water partition coefficient (Wildman–Crippen LogP) is 1.94. The van der Waals surface area contributed by atoms with Crippen molar-refractivity contribution in [2.45, 2.75) is 58.9 Å². The molecule has 1 fully saturated rings. The van der Waals surface area contributed by atoms with Gasteiger partial charge in [0.05, 0.1) is 0 Å². The molecule has 4 heteroatoms. The maximum atomic E-state index is 11.8. The first-order valence-corrected chi connectivity index (χ1v) is 7.12. The largest absolute Gasteiger partial charge is 0.354 e. The van der Waals surface area contributed by atoms with E-state index in [2.05, 4.69) is 12.2 Å². The van der Waals surface area contributed by atoms with Crippen LogP contribution in [0.15, 0.2) is 0 Å². The fraction of sp³-hybridized carbons (Fsp3) is 0.857. The average molecular weight is 254 g/mol. The number of likely N-dealkylation sites (tertiary alicyclic amines) is 1. The van der Waals surface area contributed by atoms with Gasteiger partial charge in [0.25, 0.3) is 0 Å². The number of amides is 2. The Kier molecular flexibility index (Phi) is 6.16. The molecule has 0 unspecified atom stereocenters. The van der Waals surface area contributed by atoms with Crippen LogP contribution in [0.5, 0.6) is 0 Å². The minimum absolute atomic E-state index is 0.0858. The van der Waals surface area contributed by atoms with Crippen LogP contribution in [-0.4, -0.2) is 35.8 Å². The van der Waals surface area contributed by atoms with Gasteiger partial charge in [-0.25, -0.2) is 0 Å². The molecule has 18 heavy (non-hydrogen) atoms. The van der Waals surface area contributed by atoms with Crippen LogP contribution in [0.2, 0.25) is 0 Å². The molecule has 0 saturated carbocycles. The molecule has 4 nitrogen and oxygen atoms in total. The van der Waals surface area contributed by atoms with Gasteiger partial charge in [0, 0.05) is 31.5 Å². The molecule has 1 aliphatic rings. The molecule has 0 atom stereocenters. The second kappa shape index (κ2) is 7.39. The fourth-order valence-electron chi connectivity index (χ4n) is 2.28. The van der Waals surface area contributed by atoms with Gasteiger partial charge in [-0.05, 0) is 33.1 Å². The molecule has 1 N–H and O–H groups in total. The first-order valence-electron chi connectivity index (χ1n) is 7.12. The molecule has 1 heterocycles. The molecule has 1 aliphatic heterocycles. The van der Waals surface area contributed by atoms with E-state index in [9.17, 15) is 9.59 Å². The summed E-state index contributed by atoms with van der Waals surface area (Å²) in [6.07, 6.45) is 4.28. The summed E-state index contributed by atoms with van der Waals surface area (Å²) >= 11 is 0. The molecule has 1 saturated heterocycles. The minimum atomic E-state index is 0.0858. The Hall–Kier alpha value is -1.06. The van der Waals surface area contributed by atoms with Crippen molar-refractivity contribution >= 4 is 11.8 Å². The molecular formula is C14H26N2O2. The first kappa shape index (κ1) is 15.0. The third-order valence-electron chi connectivity index (χ3n) is 3.39. The Morgan fingerprint density at radius 3 is 2.39 bits per heavy atom. The van der Waals surface area contributed by atoms with Gasteiger partial charge in [0.15, 0.2) is 0 Å². The number of hydrogen-bond acceptors (Lipinski definition) is 2.